The topological polar surface area (TPSA) is 98.2 Å². The Labute approximate surface area is 143 Å². The van der Waals surface area contributed by atoms with Crippen LogP contribution in [0.4, 0.5) is 18.9 Å². The van der Waals surface area contributed by atoms with Crippen LogP contribution in [-0.2, 0) is 15.4 Å². The van der Waals surface area contributed by atoms with E-state index >= 15 is 0 Å². The van der Waals surface area contributed by atoms with Crippen molar-refractivity contribution in [3.8, 4) is 0 Å². The van der Waals surface area contributed by atoms with Gasteiger partial charge in [-0.25, -0.2) is 17.8 Å². The van der Waals surface area contributed by atoms with Gasteiger partial charge in [0.15, 0.2) is 20.1 Å². The van der Waals surface area contributed by atoms with Gasteiger partial charge in [0.1, 0.15) is 5.82 Å². The third-order valence-corrected chi connectivity index (χ3v) is 4.86. The zero-order valence-electron chi connectivity index (χ0n) is 12.1. The molecular formula is C14H8F3N3O3S2. The summed E-state index contributed by atoms with van der Waals surface area (Å²) in [4.78, 5) is 6.29. The van der Waals surface area contributed by atoms with Crippen molar-refractivity contribution in [2.24, 2.45) is 0 Å². The van der Waals surface area contributed by atoms with Crippen LogP contribution >= 0.6 is 11.3 Å². The van der Waals surface area contributed by atoms with Gasteiger partial charge >= 0.3 is 10.9 Å². The summed E-state index contributed by atoms with van der Waals surface area (Å²) in [7, 11) is -5.74. The molecule has 0 amide bonds. The smallest absolute Gasteiger partial charge is 0.385 e. The van der Waals surface area contributed by atoms with Crippen LogP contribution in [0.1, 0.15) is 5.01 Å². The molecule has 0 N–H and O–H groups in total. The Kier molecular flexibility index (Phi) is 5.36. The molecule has 0 unspecified atom stereocenters. The summed E-state index contributed by atoms with van der Waals surface area (Å²) >= 11 is 0.491. The minimum Gasteiger partial charge on any atom is -0.743 e. The van der Waals surface area contributed by atoms with Gasteiger partial charge < -0.3 is 4.55 Å². The van der Waals surface area contributed by atoms with Gasteiger partial charge in [0.25, 0.3) is 0 Å². The van der Waals surface area contributed by atoms with Gasteiger partial charge in [-0.05, 0) is 24.3 Å². The fourth-order valence-electron chi connectivity index (χ4n) is 1.61. The van der Waals surface area contributed by atoms with Gasteiger partial charge in [-0.2, -0.15) is 8.78 Å². The maximum Gasteiger partial charge on any atom is 0.385 e. The number of thiazole rings is 1. The minimum absolute atomic E-state index is 0.242. The van der Waals surface area contributed by atoms with Crippen LogP contribution in [0.25, 0.3) is 15.2 Å². The highest BCUT2D eigenvalue weighted by Gasteiger charge is 2.43. The van der Waals surface area contributed by atoms with Crippen molar-refractivity contribution in [1.82, 2.24) is 4.98 Å². The lowest BCUT2D eigenvalue weighted by Gasteiger charge is -2.16. The lowest BCUT2D eigenvalue weighted by Crippen LogP contribution is -2.25. The fourth-order valence-corrected chi connectivity index (χ4v) is 3.14. The van der Waals surface area contributed by atoms with Crippen LogP contribution in [0, 0.1) is 11.2 Å². The van der Waals surface area contributed by atoms with Crippen molar-refractivity contribution >= 4 is 37.4 Å². The number of hydrogen-bond acceptors (Lipinski definition) is 6. The summed E-state index contributed by atoms with van der Waals surface area (Å²) in [6.45, 7) is 0. The second-order valence-electron chi connectivity index (χ2n) is 4.53. The minimum atomic E-state index is -5.74. The van der Waals surface area contributed by atoms with Crippen molar-refractivity contribution in [3.05, 3.63) is 64.3 Å². The normalized spacial score (nSPS) is 11.5. The maximum atomic E-state index is 13.1. The number of aromatic nitrogens is 1. The Morgan fingerprint density at radius 3 is 2.24 bits per heavy atom. The Hall–Kier alpha value is -2.55. The molecule has 0 atom stereocenters. The van der Waals surface area contributed by atoms with Crippen molar-refractivity contribution < 1.29 is 26.1 Å². The molecule has 1 aromatic heterocycles. The standard InChI is InChI=1S/C8H5F2NO3S2.C6H4FN2/c9-8(10,16(12,13)14)7-11-5-3-1-2-4-6(5)15-7;7-5-1-3-6(9-8)4-2-5/h1-4H,(H,12,13,14);1-4H/q;+1/p-1. The highest BCUT2D eigenvalue weighted by Crippen LogP contribution is 2.37. The van der Waals surface area contributed by atoms with Gasteiger partial charge in [0.2, 0.25) is 5.39 Å². The molecule has 25 heavy (non-hydrogen) atoms. The number of alkyl halides is 2. The fraction of sp³-hybridized carbons (Fsp3) is 0.0714. The Bertz CT molecular complexity index is 996. The van der Waals surface area contributed by atoms with E-state index in [1.54, 1.807) is 12.1 Å². The maximum absolute atomic E-state index is 13.1. The third kappa shape index (κ3) is 4.30. The van der Waals surface area contributed by atoms with Crippen molar-refractivity contribution in [2.75, 3.05) is 0 Å². The number of halogens is 3. The van der Waals surface area contributed by atoms with Gasteiger partial charge in [-0.15, -0.1) is 11.3 Å². The zero-order valence-corrected chi connectivity index (χ0v) is 13.8. The molecule has 3 rings (SSSR count). The van der Waals surface area contributed by atoms with E-state index in [1.807, 2.05) is 0 Å². The van der Waals surface area contributed by atoms with E-state index in [9.17, 15) is 26.1 Å². The Morgan fingerprint density at radius 1 is 1.12 bits per heavy atom. The number of nitrogens with zero attached hydrogens (tertiary/aromatic N) is 3. The molecule has 0 bridgehead atoms. The first-order valence-corrected chi connectivity index (χ1v) is 8.67. The van der Waals surface area contributed by atoms with E-state index in [0.717, 1.165) is 0 Å². The molecule has 0 aliphatic rings. The average Bonchev–Trinajstić information content (AvgIpc) is 3.00. The van der Waals surface area contributed by atoms with E-state index < -0.39 is 20.4 Å². The largest absolute Gasteiger partial charge is 0.743 e. The van der Waals surface area contributed by atoms with Crippen LogP contribution in [0.5, 0.6) is 0 Å². The number of hydrogen-bond donors (Lipinski definition) is 0. The quantitative estimate of drug-likeness (QED) is 0.485. The number of para-hydroxylation sites is 1. The first-order chi connectivity index (χ1) is 11.6. The van der Waals surface area contributed by atoms with E-state index in [-0.39, 0.29) is 11.3 Å². The molecule has 11 heteroatoms. The van der Waals surface area contributed by atoms with Crippen LogP contribution in [0.2, 0.25) is 0 Å². The highest BCUT2D eigenvalue weighted by atomic mass is 32.2. The van der Waals surface area contributed by atoms with Crippen LogP contribution in [0.3, 0.4) is 0 Å². The average molecular weight is 387 g/mol. The van der Waals surface area contributed by atoms with Crippen LogP contribution in [-0.4, -0.2) is 18.0 Å². The molecule has 0 saturated carbocycles. The summed E-state index contributed by atoms with van der Waals surface area (Å²) in [6.07, 6.45) is 0. The van der Waals surface area contributed by atoms with E-state index in [0.29, 0.717) is 21.7 Å². The lowest BCUT2D eigenvalue weighted by atomic mass is 10.3. The third-order valence-electron chi connectivity index (χ3n) is 2.80. The van der Waals surface area contributed by atoms with E-state index in [2.05, 4.69) is 9.96 Å². The van der Waals surface area contributed by atoms with Gasteiger partial charge in [0, 0.05) is 12.1 Å². The molecule has 6 nitrogen and oxygen atoms in total. The zero-order chi connectivity index (χ0) is 18.7. The number of diazo groups is 1. The van der Waals surface area contributed by atoms with Gasteiger partial charge in [-0.1, -0.05) is 12.1 Å². The summed E-state index contributed by atoms with van der Waals surface area (Å²) in [5.41, 5.74) is 0.599. The first kappa shape index (κ1) is 18.8. The summed E-state index contributed by atoms with van der Waals surface area (Å²) < 4.78 is 70.0. The highest BCUT2D eigenvalue weighted by molar-refractivity contribution is 7.86. The monoisotopic (exact) mass is 387 g/mol. The molecule has 130 valence electrons. The van der Waals surface area contributed by atoms with Gasteiger partial charge in [0.05, 0.1) is 10.2 Å². The van der Waals surface area contributed by atoms with E-state index in [4.69, 9.17) is 5.39 Å². The Morgan fingerprint density at radius 2 is 1.72 bits per heavy atom. The van der Waals surface area contributed by atoms with Crippen LogP contribution in [0.15, 0.2) is 48.5 Å². The molecule has 0 saturated heterocycles. The summed E-state index contributed by atoms with van der Waals surface area (Å²) in [6, 6.07) is 11.4. The second kappa shape index (κ2) is 7.14. The van der Waals surface area contributed by atoms with Crippen molar-refractivity contribution in [1.29, 1.82) is 5.39 Å². The molecule has 0 radical (unpaired) electrons. The lowest BCUT2D eigenvalue weighted by molar-refractivity contribution is 0.0775. The predicted molar refractivity (Wildman–Crippen MR) is 84.4 cm³/mol. The molecule has 0 aliphatic heterocycles. The predicted octanol–water partition coefficient (Wildman–Crippen LogP) is 4.20. The molecule has 0 fully saturated rings. The van der Waals surface area contributed by atoms with Crippen molar-refractivity contribution in [3.63, 3.8) is 0 Å². The Balaban J connectivity index is 0.000000212. The van der Waals surface area contributed by atoms with Crippen LogP contribution < -0.4 is 0 Å². The van der Waals surface area contributed by atoms with Crippen molar-refractivity contribution in [2.45, 2.75) is 5.25 Å². The summed E-state index contributed by atoms with van der Waals surface area (Å²) in [5, 5.41) is 2.66. The molecule has 3 aromatic rings. The molecule has 1 heterocycles. The number of benzene rings is 2. The van der Waals surface area contributed by atoms with Gasteiger partial charge in [-0.3, -0.25) is 0 Å². The number of fused-ring (bicyclic) bond motifs is 1. The molecule has 2 aromatic carbocycles. The van der Waals surface area contributed by atoms with E-state index in [1.165, 1.54) is 36.4 Å². The number of rotatable bonds is 2. The molecular weight excluding hydrogens is 379 g/mol. The molecule has 0 aliphatic carbocycles. The molecule has 0 spiro atoms. The summed E-state index contributed by atoms with van der Waals surface area (Å²) in [5.74, 6) is -0.331. The second-order valence-corrected chi connectivity index (χ2v) is 6.99. The SMILES string of the molecule is N#[N+]c1ccc(F)cc1.O=S(=O)([O-])C(F)(F)c1nc2ccccc2s1. The first-order valence-electron chi connectivity index (χ1n) is 6.45.